The second kappa shape index (κ2) is 3.41. The Morgan fingerprint density at radius 1 is 1.56 bits per heavy atom. The van der Waals surface area contributed by atoms with Crippen LogP contribution in [0.1, 0.15) is 13.8 Å². The molecular formula is C7H12FN. The predicted molar refractivity (Wildman–Crippen MR) is 34.4 cm³/mol. The van der Waals surface area contributed by atoms with Crippen LogP contribution in [0.5, 0.6) is 0 Å². The molecule has 1 N–H and O–H groups in total. The molecule has 2 heteroatoms. The van der Waals surface area contributed by atoms with Crippen LogP contribution in [0.25, 0.3) is 0 Å². The third-order valence-electron chi connectivity index (χ3n) is 1.53. The predicted octanol–water partition coefficient (Wildman–Crippen LogP) is -2.67. The molecule has 1 atom stereocenters. The standard InChI is InChI=1S/C7H11N.FH/c1-3-8-6-4-5-7(8)2;/h4-6H,3H2,1-2H3;1H. The molecular weight excluding hydrogens is 117 g/mol. The lowest BCUT2D eigenvalue weighted by molar-refractivity contribution is -0.799. The Bertz CT molecular complexity index is 138. The van der Waals surface area contributed by atoms with Crippen molar-refractivity contribution in [2.45, 2.75) is 13.8 Å². The monoisotopic (exact) mass is 129 g/mol. The Morgan fingerprint density at radius 3 is 2.44 bits per heavy atom. The van der Waals surface area contributed by atoms with Crippen LogP contribution in [0.4, 0.5) is 0 Å². The minimum atomic E-state index is 0. The first-order chi connectivity index (χ1) is 3.84. The maximum Gasteiger partial charge on any atom is 0.109 e. The van der Waals surface area contributed by atoms with Gasteiger partial charge in [-0.15, -0.1) is 0 Å². The third kappa shape index (κ3) is 1.64. The minimum Gasteiger partial charge on any atom is -1.00 e. The molecule has 1 aliphatic heterocycles. The molecule has 0 aromatic carbocycles. The highest BCUT2D eigenvalue weighted by molar-refractivity contribution is 5.08. The minimum absolute atomic E-state index is 0. The molecule has 9 heavy (non-hydrogen) atoms. The molecule has 0 fully saturated rings. The van der Waals surface area contributed by atoms with Crippen molar-refractivity contribution in [3.63, 3.8) is 0 Å². The summed E-state index contributed by atoms with van der Waals surface area (Å²) in [6.45, 7) is 5.50. The van der Waals surface area contributed by atoms with E-state index in [9.17, 15) is 0 Å². The van der Waals surface area contributed by atoms with Gasteiger partial charge in [-0.3, -0.25) is 4.90 Å². The van der Waals surface area contributed by atoms with Gasteiger partial charge < -0.3 is 4.70 Å². The zero-order valence-corrected chi connectivity index (χ0v) is 5.82. The van der Waals surface area contributed by atoms with Gasteiger partial charge >= 0.3 is 0 Å². The maximum atomic E-state index is 2.18. The van der Waals surface area contributed by atoms with E-state index in [1.807, 2.05) is 0 Å². The van der Waals surface area contributed by atoms with Crippen molar-refractivity contribution in [2.24, 2.45) is 0 Å². The van der Waals surface area contributed by atoms with Crippen molar-refractivity contribution in [3.8, 4) is 0 Å². The number of allylic oxidation sites excluding steroid dienone is 3. The summed E-state index contributed by atoms with van der Waals surface area (Å²) in [7, 11) is 0. The summed E-state index contributed by atoms with van der Waals surface area (Å²) in [4.78, 5) is 1.48. The maximum absolute atomic E-state index is 2.18. The highest BCUT2D eigenvalue weighted by atomic mass is 19.0. The highest BCUT2D eigenvalue weighted by Crippen LogP contribution is 1.86. The van der Waals surface area contributed by atoms with Gasteiger partial charge in [-0.25, -0.2) is 0 Å². The van der Waals surface area contributed by atoms with E-state index in [0.717, 1.165) is 0 Å². The molecule has 0 aliphatic carbocycles. The fourth-order valence-electron chi connectivity index (χ4n) is 0.944. The lowest BCUT2D eigenvalue weighted by atomic mass is 10.4. The fourth-order valence-corrected chi connectivity index (χ4v) is 0.944. The van der Waals surface area contributed by atoms with Crippen LogP contribution in [0, 0.1) is 0 Å². The van der Waals surface area contributed by atoms with Gasteiger partial charge in [-0.1, -0.05) is 0 Å². The second-order valence-corrected chi connectivity index (χ2v) is 2.09. The van der Waals surface area contributed by atoms with E-state index in [1.165, 1.54) is 17.1 Å². The molecule has 0 spiro atoms. The fraction of sp³-hybridized carbons (Fsp3) is 0.429. The molecule has 1 nitrogen and oxygen atoms in total. The smallest absolute Gasteiger partial charge is 0.109 e. The van der Waals surface area contributed by atoms with Crippen LogP contribution < -0.4 is 9.60 Å². The Balaban J connectivity index is 0.000000640. The van der Waals surface area contributed by atoms with Crippen molar-refractivity contribution in [1.82, 2.24) is 0 Å². The van der Waals surface area contributed by atoms with E-state index in [2.05, 4.69) is 32.2 Å². The lowest BCUT2D eigenvalue weighted by Crippen LogP contribution is -3.03. The van der Waals surface area contributed by atoms with Crippen LogP contribution >= 0.6 is 0 Å². The highest BCUT2D eigenvalue weighted by Gasteiger charge is 2.06. The quantitative estimate of drug-likeness (QED) is 0.394. The van der Waals surface area contributed by atoms with Gasteiger partial charge in [0.25, 0.3) is 0 Å². The molecule has 0 bridgehead atoms. The second-order valence-electron chi connectivity index (χ2n) is 2.09. The molecule has 0 radical (unpaired) electrons. The van der Waals surface area contributed by atoms with Crippen LogP contribution in [-0.2, 0) is 0 Å². The largest absolute Gasteiger partial charge is 1.00 e. The Labute approximate surface area is 55.0 Å². The van der Waals surface area contributed by atoms with Gasteiger partial charge in [0.1, 0.15) is 5.70 Å². The van der Waals surface area contributed by atoms with Gasteiger partial charge in [0.05, 0.1) is 12.7 Å². The van der Waals surface area contributed by atoms with E-state index in [1.54, 1.807) is 0 Å². The van der Waals surface area contributed by atoms with Crippen LogP contribution in [0.2, 0.25) is 0 Å². The summed E-state index contributed by atoms with van der Waals surface area (Å²) >= 11 is 0. The van der Waals surface area contributed by atoms with E-state index >= 15 is 0 Å². The molecule has 0 aromatic heterocycles. The van der Waals surface area contributed by atoms with Crippen LogP contribution in [0.15, 0.2) is 24.0 Å². The van der Waals surface area contributed by atoms with E-state index in [-0.39, 0.29) is 4.70 Å². The first kappa shape index (κ1) is 8.37. The molecule has 1 unspecified atom stereocenters. The van der Waals surface area contributed by atoms with Crippen LogP contribution in [-0.4, -0.2) is 6.54 Å². The summed E-state index contributed by atoms with van der Waals surface area (Å²) in [6.07, 6.45) is 6.43. The van der Waals surface area contributed by atoms with E-state index < -0.39 is 0 Å². The number of nitrogens with one attached hydrogen (secondary N) is 1. The van der Waals surface area contributed by atoms with Gasteiger partial charge in [-0.2, -0.15) is 0 Å². The van der Waals surface area contributed by atoms with Gasteiger partial charge in [-0.05, 0) is 19.1 Å². The Kier molecular flexibility index (Phi) is 3.17. The van der Waals surface area contributed by atoms with Crippen molar-refractivity contribution in [1.29, 1.82) is 0 Å². The van der Waals surface area contributed by atoms with E-state index in [0.29, 0.717) is 0 Å². The molecule has 0 saturated heterocycles. The summed E-state index contributed by atoms with van der Waals surface area (Å²) < 4.78 is 0. The van der Waals surface area contributed by atoms with Crippen molar-refractivity contribution >= 4 is 0 Å². The first-order valence-corrected chi connectivity index (χ1v) is 3.05. The summed E-state index contributed by atoms with van der Waals surface area (Å²) in [6, 6.07) is 0. The van der Waals surface area contributed by atoms with Crippen molar-refractivity contribution < 1.29 is 9.60 Å². The summed E-state index contributed by atoms with van der Waals surface area (Å²) in [5.74, 6) is 0. The number of hydrogen-bond donors (Lipinski definition) is 1. The van der Waals surface area contributed by atoms with Crippen LogP contribution in [0.3, 0.4) is 0 Å². The first-order valence-electron chi connectivity index (χ1n) is 3.05. The number of rotatable bonds is 1. The van der Waals surface area contributed by atoms with Crippen molar-refractivity contribution in [2.75, 3.05) is 6.54 Å². The molecule has 0 amide bonds. The summed E-state index contributed by atoms with van der Waals surface area (Å²) in [5.41, 5.74) is 1.42. The lowest BCUT2D eigenvalue weighted by Gasteiger charge is -2.05. The van der Waals surface area contributed by atoms with E-state index in [4.69, 9.17) is 0 Å². The molecule has 1 aliphatic rings. The van der Waals surface area contributed by atoms with Crippen molar-refractivity contribution in [3.05, 3.63) is 24.0 Å². The molecule has 52 valence electrons. The van der Waals surface area contributed by atoms with Gasteiger partial charge in [0.2, 0.25) is 0 Å². The zero-order chi connectivity index (χ0) is 5.98. The SMILES string of the molecule is CC[NH+]1C=CC=C1C.[F-]. The number of hydrogen-bond acceptors (Lipinski definition) is 0. The molecule has 0 aromatic rings. The zero-order valence-electron chi connectivity index (χ0n) is 5.82. The third-order valence-corrected chi connectivity index (χ3v) is 1.53. The topological polar surface area (TPSA) is 4.44 Å². The molecule has 1 rings (SSSR count). The average Bonchev–Trinajstić information content (AvgIpc) is 2.14. The normalized spacial score (nSPS) is 23.3. The molecule has 0 saturated carbocycles. The van der Waals surface area contributed by atoms with Gasteiger partial charge in [0.15, 0.2) is 0 Å². The molecule has 1 heterocycles. The van der Waals surface area contributed by atoms with Gasteiger partial charge in [0, 0.05) is 6.92 Å². The Hall–Kier alpha value is -0.630. The summed E-state index contributed by atoms with van der Waals surface area (Å²) in [5, 5.41) is 0. The number of quaternary nitrogens is 1. The Morgan fingerprint density at radius 2 is 2.22 bits per heavy atom. The average molecular weight is 129 g/mol. The number of halogens is 1.